The van der Waals surface area contributed by atoms with E-state index in [-0.39, 0.29) is 5.56 Å². The van der Waals surface area contributed by atoms with E-state index in [0.717, 1.165) is 57.2 Å². The van der Waals surface area contributed by atoms with Gasteiger partial charge in [0, 0.05) is 50.6 Å². The summed E-state index contributed by atoms with van der Waals surface area (Å²) < 4.78 is 0. The van der Waals surface area contributed by atoms with E-state index < -0.39 is 0 Å². The molecule has 2 aliphatic heterocycles. The summed E-state index contributed by atoms with van der Waals surface area (Å²) in [6, 6.07) is 5.83. The fourth-order valence-corrected chi connectivity index (χ4v) is 3.94. The summed E-state index contributed by atoms with van der Waals surface area (Å²) >= 11 is 0. The van der Waals surface area contributed by atoms with Crippen LogP contribution in [0, 0.1) is 0 Å². The van der Waals surface area contributed by atoms with Crippen molar-refractivity contribution >= 4 is 5.95 Å². The summed E-state index contributed by atoms with van der Waals surface area (Å²) in [6.07, 6.45) is 8.29. The maximum Gasteiger partial charge on any atom is 0.252 e. The van der Waals surface area contributed by atoms with E-state index in [0.29, 0.717) is 5.92 Å². The third-order valence-corrected chi connectivity index (χ3v) is 5.23. The molecule has 1 unspecified atom stereocenters. The predicted molar refractivity (Wildman–Crippen MR) is 97.8 cm³/mol. The zero-order valence-electron chi connectivity index (χ0n) is 14.5. The van der Waals surface area contributed by atoms with Crippen LogP contribution < -0.4 is 10.5 Å². The van der Waals surface area contributed by atoms with Gasteiger partial charge in [-0.2, -0.15) is 0 Å². The fraction of sp³-hybridized carbons (Fsp3) is 0.526. The second kappa shape index (κ2) is 7.35. The Morgan fingerprint density at radius 2 is 1.92 bits per heavy atom. The van der Waals surface area contributed by atoms with Gasteiger partial charge in [-0.1, -0.05) is 0 Å². The van der Waals surface area contributed by atoms with Crippen LogP contribution in [0.4, 0.5) is 5.95 Å². The van der Waals surface area contributed by atoms with Gasteiger partial charge in [0.1, 0.15) is 0 Å². The van der Waals surface area contributed by atoms with Gasteiger partial charge >= 0.3 is 0 Å². The fourth-order valence-electron chi connectivity index (χ4n) is 3.94. The number of hydrogen-bond donors (Lipinski definition) is 1. The van der Waals surface area contributed by atoms with Gasteiger partial charge in [0.25, 0.3) is 5.56 Å². The van der Waals surface area contributed by atoms with E-state index in [1.807, 2.05) is 12.4 Å². The molecule has 2 fully saturated rings. The Bertz CT molecular complexity index is 754. The standard InChI is InChI=1S/C19H25N5O/c25-18-12-17(21-19(22-18)24-10-1-2-11-24)16-4-3-9-23(14-16)13-15-5-7-20-8-6-15/h5-8,12,16H,1-4,9-11,13-14H2,(H,21,22,25). The molecular formula is C19H25N5O. The molecule has 2 aromatic heterocycles. The van der Waals surface area contributed by atoms with Crippen molar-refractivity contribution in [3.8, 4) is 0 Å². The first kappa shape index (κ1) is 16.3. The minimum Gasteiger partial charge on any atom is -0.342 e. The highest BCUT2D eigenvalue weighted by Gasteiger charge is 2.24. The van der Waals surface area contributed by atoms with Crippen LogP contribution in [0.1, 0.15) is 42.9 Å². The Labute approximate surface area is 147 Å². The highest BCUT2D eigenvalue weighted by Crippen LogP contribution is 2.27. The van der Waals surface area contributed by atoms with Crippen LogP contribution in [0.15, 0.2) is 35.4 Å². The minimum atomic E-state index is -0.0295. The second-order valence-corrected chi connectivity index (χ2v) is 7.12. The Balaban J connectivity index is 1.50. The first-order chi connectivity index (χ1) is 12.3. The molecule has 0 aliphatic carbocycles. The number of likely N-dealkylation sites (tertiary alicyclic amines) is 1. The molecule has 0 bridgehead atoms. The number of anilines is 1. The van der Waals surface area contributed by atoms with Gasteiger partial charge in [-0.3, -0.25) is 19.7 Å². The molecule has 0 aromatic carbocycles. The van der Waals surface area contributed by atoms with Crippen molar-refractivity contribution in [1.82, 2.24) is 19.9 Å². The lowest BCUT2D eigenvalue weighted by molar-refractivity contribution is 0.198. The van der Waals surface area contributed by atoms with E-state index in [4.69, 9.17) is 4.98 Å². The quantitative estimate of drug-likeness (QED) is 0.924. The van der Waals surface area contributed by atoms with Gasteiger partial charge in [-0.05, 0) is 49.9 Å². The van der Waals surface area contributed by atoms with Crippen LogP contribution >= 0.6 is 0 Å². The molecular weight excluding hydrogens is 314 g/mol. The summed E-state index contributed by atoms with van der Waals surface area (Å²) in [5.74, 6) is 1.09. The zero-order chi connectivity index (χ0) is 17.1. The molecule has 4 heterocycles. The van der Waals surface area contributed by atoms with Crippen molar-refractivity contribution in [1.29, 1.82) is 0 Å². The second-order valence-electron chi connectivity index (χ2n) is 7.12. The molecule has 6 heteroatoms. The molecule has 6 nitrogen and oxygen atoms in total. The number of nitrogens with zero attached hydrogens (tertiary/aromatic N) is 4. The minimum absolute atomic E-state index is 0.0295. The molecule has 1 atom stereocenters. The molecule has 1 N–H and O–H groups in total. The van der Waals surface area contributed by atoms with Gasteiger partial charge < -0.3 is 4.90 Å². The number of rotatable bonds is 4. The molecule has 132 valence electrons. The van der Waals surface area contributed by atoms with Crippen LogP contribution in [0.2, 0.25) is 0 Å². The number of H-pyrrole nitrogens is 1. The first-order valence-corrected chi connectivity index (χ1v) is 9.25. The molecule has 2 saturated heterocycles. The van der Waals surface area contributed by atoms with E-state index in [1.165, 1.54) is 18.4 Å². The number of hydrogen-bond acceptors (Lipinski definition) is 5. The van der Waals surface area contributed by atoms with Crippen molar-refractivity contribution in [3.63, 3.8) is 0 Å². The maximum absolute atomic E-state index is 12.1. The highest BCUT2D eigenvalue weighted by atomic mass is 16.1. The van der Waals surface area contributed by atoms with Crippen molar-refractivity contribution < 1.29 is 0 Å². The van der Waals surface area contributed by atoms with E-state index >= 15 is 0 Å². The van der Waals surface area contributed by atoms with Crippen LogP contribution in [-0.4, -0.2) is 46.0 Å². The molecule has 0 spiro atoms. The molecule has 2 aromatic rings. The first-order valence-electron chi connectivity index (χ1n) is 9.25. The largest absolute Gasteiger partial charge is 0.342 e. The van der Waals surface area contributed by atoms with Crippen molar-refractivity contribution in [3.05, 3.63) is 52.2 Å². The Morgan fingerprint density at radius 1 is 1.12 bits per heavy atom. The van der Waals surface area contributed by atoms with Crippen LogP contribution in [0.3, 0.4) is 0 Å². The van der Waals surface area contributed by atoms with Crippen molar-refractivity contribution in [2.45, 2.75) is 38.1 Å². The molecule has 25 heavy (non-hydrogen) atoms. The lowest BCUT2D eigenvalue weighted by Crippen LogP contribution is -2.35. The normalized spacial score (nSPS) is 21.6. The number of aromatic nitrogens is 3. The molecule has 0 amide bonds. The van der Waals surface area contributed by atoms with E-state index in [9.17, 15) is 4.79 Å². The van der Waals surface area contributed by atoms with E-state index in [1.54, 1.807) is 6.07 Å². The number of aromatic amines is 1. The van der Waals surface area contributed by atoms with Crippen LogP contribution in [0.5, 0.6) is 0 Å². The smallest absolute Gasteiger partial charge is 0.252 e. The molecule has 4 rings (SSSR count). The van der Waals surface area contributed by atoms with Crippen molar-refractivity contribution in [2.24, 2.45) is 0 Å². The van der Waals surface area contributed by atoms with Gasteiger partial charge in [0.15, 0.2) is 0 Å². The zero-order valence-corrected chi connectivity index (χ0v) is 14.5. The van der Waals surface area contributed by atoms with Gasteiger partial charge in [-0.25, -0.2) is 4.98 Å². The van der Waals surface area contributed by atoms with Gasteiger partial charge in [-0.15, -0.1) is 0 Å². The van der Waals surface area contributed by atoms with E-state index in [2.05, 4.69) is 31.9 Å². The Hall–Kier alpha value is -2.21. The van der Waals surface area contributed by atoms with Crippen LogP contribution in [0.25, 0.3) is 0 Å². The average Bonchev–Trinajstić information content (AvgIpc) is 3.17. The lowest BCUT2D eigenvalue weighted by Gasteiger charge is -2.32. The molecule has 0 saturated carbocycles. The van der Waals surface area contributed by atoms with Crippen LogP contribution in [-0.2, 0) is 6.54 Å². The topological polar surface area (TPSA) is 65.1 Å². The predicted octanol–water partition coefficient (Wildman–Crippen LogP) is 2.14. The summed E-state index contributed by atoms with van der Waals surface area (Å²) in [5, 5.41) is 0. The molecule has 2 aliphatic rings. The Morgan fingerprint density at radius 3 is 2.72 bits per heavy atom. The summed E-state index contributed by atoms with van der Waals surface area (Å²) in [6.45, 7) is 4.97. The third-order valence-electron chi connectivity index (χ3n) is 5.23. The highest BCUT2D eigenvalue weighted by molar-refractivity contribution is 5.32. The Kier molecular flexibility index (Phi) is 4.78. The summed E-state index contributed by atoms with van der Waals surface area (Å²) in [5.41, 5.74) is 2.20. The number of piperidine rings is 1. The molecule has 0 radical (unpaired) electrons. The number of nitrogens with one attached hydrogen (secondary N) is 1. The third kappa shape index (κ3) is 3.90. The van der Waals surface area contributed by atoms with Gasteiger partial charge in [0.05, 0.1) is 5.69 Å². The monoisotopic (exact) mass is 339 g/mol. The van der Waals surface area contributed by atoms with Gasteiger partial charge in [0.2, 0.25) is 5.95 Å². The number of pyridine rings is 1. The average molecular weight is 339 g/mol. The van der Waals surface area contributed by atoms with Crippen molar-refractivity contribution in [2.75, 3.05) is 31.1 Å². The lowest BCUT2D eigenvalue weighted by atomic mass is 9.94. The summed E-state index contributed by atoms with van der Waals surface area (Å²) in [4.78, 5) is 28.6. The maximum atomic E-state index is 12.1. The SMILES string of the molecule is O=c1cc(C2CCCN(Cc3ccncc3)C2)nc(N2CCCC2)[nH]1. The summed E-state index contributed by atoms with van der Waals surface area (Å²) in [7, 11) is 0.